The van der Waals surface area contributed by atoms with Crippen molar-refractivity contribution in [1.82, 2.24) is 0 Å². The Labute approximate surface area is 222 Å². The van der Waals surface area contributed by atoms with Gasteiger partial charge in [-0.3, -0.25) is 0 Å². The normalized spacial score (nSPS) is 11.6. The number of ether oxygens (including phenoxy) is 1. The summed E-state index contributed by atoms with van der Waals surface area (Å²) in [6.07, 6.45) is 13.8. The summed E-state index contributed by atoms with van der Waals surface area (Å²) in [7, 11) is -10.9. The van der Waals surface area contributed by atoms with Gasteiger partial charge in [0, 0.05) is 6.61 Å². The average molecular weight is 483 g/mol. The fourth-order valence-electron chi connectivity index (χ4n) is 1.90. The van der Waals surface area contributed by atoms with Crippen molar-refractivity contribution in [2.75, 3.05) is 6.61 Å². The largest absolute Gasteiger partial charge is 1.00 e. The van der Waals surface area contributed by atoms with Crippen LogP contribution in [-0.4, -0.2) is 43.9 Å². The van der Waals surface area contributed by atoms with Crippen molar-refractivity contribution in [2.45, 2.75) is 98.2 Å². The molecular formula is C16H36Na2O9S2. The van der Waals surface area contributed by atoms with Crippen molar-refractivity contribution in [3.8, 4) is 0 Å². The molecule has 0 amide bonds. The molecule has 1 N–H and O–H groups in total. The minimum Gasteiger partial charge on any atom is -0.725 e. The standard InChI is InChI=1S/C12H26.C4H10O2.2Na.H2O7S2/c1-3-5-7-9-11-12-10-8-6-4-2;1-3-6-4(2)5;;;1-8(2,3)7-9(4,5)6/h3-12H2,1-2H3;4-5H,3H2,1-2H3;;;(H,1,2,3)(H,4,5,6)/q;;2*+1;/p-2. The first-order valence-corrected chi connectivity index (χ1v) is 12.0. The Morgan fingerprint density at radius 2 is 1.00 bits per heavy atom. The summed E-state index contributed by atoms with van der Waals surface area (Å²) in [5.41, 5.74) is 0. The smallest absolute Gasteiger partial charge is 0.725 e. The van der Waals surface area contributed by atoms with Gasteiger partial charge in [-0.1, -0.05) is 78.1 Å². The fraction of sp³-hybridized carbons (Fsp3) is 1.00. The predicted octanol–water partition coefficient (Wildman–Crippen LogP) is -2.78. The van der Waals surface area contributed by atoms with Crippen LogP contribution in [0, 0.1) is 0 Å². The van der Waals surface area contributed by atoms with E-state index in [1.54, 1.807) is 6.92 Å². The van der Waals surface area contributed by atoms with Gasteiger partial charge in [0.25, 0.3) is 0 Å². The molecule has 13 heteroatoms. The number of rotatable bonds is 13. The molecule has 0 rings (SSSR count). The van der Waals surface area contributed by atoms with Gasteiger partial charge in [0.1, 0.15) is 0 Å². The predicted molar refractivity (Wildman–Crippen MR) is 101 cm³/mol. The molecule has 1 unspecified atom stereocenters. The van der Waals surface area contributed by atoms with E-state index in [0.717, 1.165) is 0 Å². The molecule has 0 heterocycles. The summed E-state index contributed by atoms with van der Waals surface area (Å²) in [6.45, 7) is 8.57. The van der Waals surface area contributed by atoms with Gasteiger partial charge in [0.15, 0.2) is 6.29 Å². The molecule has 0 aromatic heterocycles. The van der Waals surface area contributed by atoms with Gasteiger partial charge < -0.3 is 18.9 Å². The molecule has 0 aliphatic rings. The Bertz CT molecular complexity index is 459. The molecule has 0 aromatic rings. The Kier molecular flexibility index (Phi) is 39.2. The Morgan fingerprint density at radius 1 is 0.724 bits per heavy atom. The molecule has 9 nitrogen and oxygen atoms in total. The maximum absolute atomic E-state index is 9.29. The number of unbranched alkanes of at least 4 members (excludes halogenated alkanes) is 9. The first-order chi connectivity index (χ1) is 12.4. The molecule has 0 bridgehead atoms. The summed E-state index contributed by atoms with van der Waals surface area (Å²) in [4.78, 5) is 0. The topological polar surface area (TPSA) is 153 Å². The SMILES string of the molecule is CCCCCCCCCCCC.CCOC(C)O.O=S(=O)([O-])OS(=O)(=O)[O-].[Na+].[Na+]. The van der Waals surface area contributed by atoms with Gasteiger partial charge in [-0.05, 0) is 13.8 Å². The van der Waals surface area contributed by atoms with E-state index in [4.69, 9.17) is 5.11 Å². The molecule has 0 aliphatic heterocycles. The van der Waals surface area contributed by atoms with Gasteiger partial charge in [0.05, 0.1) is 0 Å². The molecule has 0 saturated heterocycles. The van der Waals surface area contributed by atoms with E-state index in [1.165, 1.54) is 64.2 Å². The van der Waals surface area contributed by atoms with E-state index in [9.17, 15) is 25.9 Å². The second-order valence-electron chi connectivity index (χ2n) is 5.77. The van der Waals surface area contributed by atoms with Crippen LogP contribution in [0.15, 0.2) is 0 Å². The van der Waals surface area contributed by atoms with E-state index in [2.05, 4.69) is 22.2 Å². The van der Waals surface area contributed by atoms with Crippen LogP contribution in [0.4, 0.5) is 0 Å². The Hall–Kier alpha value is 1.70. The van der Waals surface area contributed by atoms with Crippen LogP contribution in [0.5, 0.6) is 0 Å². The molecule has 0 spiro atoms. The zero-order valence-electron chi connectivity index (χ0n) is 18.9. The second-order valence-corrected chi connectivity index (χ2v) is 7.94. The first-order valence-electron chi connectivity index (χ1n) is 9.31. The van der Waals surface area contributed by atoms with E-state index in [-0.39, 0.29) is 59.1 Å². The Morgan fingerprint density at radius 3 is 1.10 bits per heavy atom. The number of aliphatic hydroxyl groups excluding tert-OH is 1. The number of hydrogen-bond acceptors (Lipinski definition) is 9. The average Bonchev–Trinajstić information content (AvgIpc) is 2.47. The first kappa shape index (κ1) is 41.0. The zero-order valence-corrected chi connectivity index (χ0v) is 24.5. The van der Waals surface area contributed by atoms with Crippen LogP contribution in [-0.2, 0) is 29.2 Å². The van der Waals surface area contributed by atoms with Crippen molar-refractivity contribution in [3.05, 3.63) is 0 Å². The zero-order chi connectivity index (χ0) is 21.8. The van der Waals surface area contributed by atoms with Crippen LogP contribution in [0.25, 0.3) is 0 Å². The molecule has 0 aliphatic carbocycles. The molecule has 0 radical (unpaired) electrons. The third-order valence-corrected chi connectivity index (χ3v) is 4.36. The van der Waals surface area contributed by atoms with Gasteiger partial charge in [-0.25, -0.2) is 16.8 Å². The minimum absolute atomic E-state index is 0. The van der Waals surface area contributed by atoms with Crippen LogP contribution in [0.1, 0.15) is 91.9 Å². The van der Waals surface area contributed by atoms with Crippen molar-refractivity contribution in [2.24, 2.45) is 0 Å². The molecule has 29 heavy (non-hydrogen) atoms. The van der Waals surface area contributed by atoms with E-state index in [1.807, 2.05) is 6.92 Å². The van der Waals surface area contributed by atoms with Gasteiger partial charge >= 0.3 is 59.1 Å². The second kappa shape index (κ2) is 27.7. The number of hydrogen-bond donors (Lipinski definition) is 1. The summed E-state index contributed by atoms with van der Waals surface area (Å²) in [5.74, 6) is 0. The van der Waals surface area contributed by atoms with Crippen molar-refractivity contribution >= 4 is 20.8 Å². The third kappa shape index (κ3) is 58.7. The molecule has 0 fully saturated rings. The summed E-state index contributed by atoms with van der Waals surface area (Å²) >= 11 is 0. The maximum Gasteiger partial charge on any atom is 1.00 e. The van der Waals surface area contributed by atoms with Gasteiger partial charge in [-0.2, -0.15) is 3.63 Å². The van der Waals surface area contributed by atoms with Crippen LogP contribution in [0.3, 0.4) is 0 Å². The van der Waals surface area contributed by atoms with Crippen molar-refractivity contribution < 1.29 is 98.5 Å². The van der Waals surface area contributed by atoms with E-state index in [0.29, 0.717) is 6.61 Å². The molecule has 0 saturated carbocycles. The van der Waals surface area contributed by atoms with Crippen LogP contribution < -0.4 is 59.1 Å². The summed E-state index contributed by atoms with van der Waals surface area (Å²) < 4.78 is 62.8. The van der Waals surface area contributed by atoms with Crippen molar-refractivity contribution in [1.29, 1.82) is 0 Å². The van der Waals surface area contributed by atoms with Gasteiger partial charge in [0.2, 0.25) is 20.8 Å². The van der Waals surface area contributed by atoms with E-state index >= 15 is 0 Å². The molecule has 1 atom stereocenters. The Balaban J connectivity index is -0.000000101. The minimum atomic E-state index is -5.43. The maximum atomic E-state index is 9.29. The molecule has 0 aromatic carbocycles. The fourth-order valence-corrected chi connectivity index (χ4v) is 2.72. The molecular weight excluding hydrogens is 446 g/mol. The van der Waals surface area contributed by atoms with Gasteiger partial charge in [-0.15, -0.1) is 0 Å². The third-order valence-electron chi connectivity index (χ3n) is 3.03. The van der Waals surface area contributed by atoms with Crippen molar-refractivity contribution in [3.63, 3.8) is 0 Å². The monoisotopic (exact) mass is 482 g/mol. The molecule has 168 valence electrons. The van der Waals surface area contributed by atoms with Crippen LogP contribution in [0.2, 0.25) is 0 Å². The summed E-state index contributed by atoms with van der Waals surface area (Å²) in [6, 6.07) is 0. The summed E-state index contributed by atoms with van der Waals surface area (Å²) in [5, 5.41) is 8.33. The quantitative estimate of drug-likeness (QED) is 0.0965. The van der Waals surface area contributed by atoms with E-state index < -0.39 is 27.1 Å². The van der Waals surface area contributed by atoms with Crippen LogP contribution >= 0.6 is 0 Å². The number of aliphatic hydroxyl groups is 1.